The van der Waals surface area contributed by atoms with Gasteiger partial charge < -0.3 is 13.9 Å². The smallest absolute Gasteiger partial charge is 0.159 e. The van der Waals surface area contributed by atoms with E-state index in [4.69, 9.17) is 4.42 Å². The highest BCUT2D eigenvalue weighted by Gasteiger charge is 2.23. The molecule has 0 saturated heterocycles. The molecule has 0 amide bonds. The third-order valence-electron chi connectivity index (χ3n) is 10.4. The Morgan fingerprint density at radius 1 is 0.442 bits per heavy atom. The fourth-order valence-electron chi connectivity index (χ4n) is 8.03. The van der Waals surface area contributed by atoms with Crippen molar-refractivity contribution >= 4 is 92.3 Å². The van der Waals surface area contributed by atoms with Gasteiger partial charge in [0.1, 0.15) is 5.58 Å². The van der Waals surface area contributed by atoms with Crippen molar-refractivity contribution in [2.24, 2.45) is 0 Å². The van der Waals surface area contributed by atoms with Gasteiger partial charge in [0.2, 0.25) is 0 Å². The van der Waals surface area contributed by atoms with Gasteiger partial charge in [-0.05, 0) is 65.7 Å². The van der Waals surface area contributed by atoms with E-state index < -0.39 is 0 Å². The normalized spacial score (nSPS) is 11.8. The van der Waals surface area contributed by atoms with Gasteiger partial charge in [0, 0.05) is 48.4 Å². The molecule has 52 heavy (non-hydrogen) atoms. The second kappa shape index (κ2) is 11.5. The average molecular weight is 683 g/mol. The van der Waals surface area contributed by atoms with Crippen molar-refractivity contribution in [1.29, 1.82) is 0 Å². The Morgan fingerprint density at radius 3 is 1.96 bits per heavy atom. The number of anilines is 3. The molecule has 11 rings (SSSR count). The molecule has 0 N–H and O–H groups in total. The lowest BCUT2D eigenvalue weighted by molar-refractivity contribution is 0.669. The molecule has 0 radical (unpaired) electrons. The summed E-state index contributed by atoms with van der Waals surface area (Å²) in [4.78, 5) is 2.41. The number of nitrogens with zero attached hydrogens (tertiary/aromatic N) is 2. The largest absolute Gasteiger partial charge is 0.454 e. The zero-order valence-corrected chi connectivity index (χ0v) is 28.8. The Bertz CT molecular complexity index is 3020. The maximum atomic E-state index is 6.71. The Balaban J connectivity index is 1.19. The number of thiophene rings is 1. The zero-order chi connectivity index (χ0) is 34.2. The predicted octanol–water partition coefficient (Wildman–Crippen LogP) is 14.2. The molecule has 0 aliphatic carbocycles. The highest BCUT2D eigenvalue weighted by atomic mass is 32.1. The summed E-state index contributed by atoms with van der Waals surface area (Å²) in [5.41, 5.74) is 10.8. The molecule has 3 aromatic heterocycles. The molecule has 0 spiro atoms. The molecule has 11 aromatic rings. The van der Waals surface area contributed by atoms with Gasteiger partial charge in [-0.2, -0.15) is 0 Å². The minimum atomic E-state index is 0.874. The van der Waals surface area contributed by atoms with E-state index in [1.165, 1.54) is 47.6 Å². The lowest BCUT2D eigenvalue weighted by Crippen LogP contribution is -2.10. The molecule has 0 saturated carbocycles. The van der Waals surface area contributed by atoms with E-state index in [0.717, 1.165) is 50.2 Å². The van der Waals surface area contributed by atoms with Gasteiger partial charge in [-0.15, -0.1) is 11.3 Å². The first-order chi connectivity index (χ1) is 25.8. The van der Waals surface area contributed by atoms with Gasteiger partial charge in [-0.1, -0.05) is 127 Å². The van der Waals surface area contributed by atoms with Gasteiger partial charge >= 0.3 is 0 Å². The first-order valence-corrected chi connectivity index (χ1v) is 18.4. The third kappa shape index (κ3) is 4.38. The van der Waals surface area contributed by atoms with Crippen LogP contribution in [0.1, 0.15) is 0 Å². The second-order valence-electron chi connectivity index (χ2n) is 13.3. The lowest BCUT2D eigenvalue weighted by Gasteiger charge is -2.26. The molecule has 0 unspecified atom stereocenters. The SMILES string of the molecule is c1ccc(-c2ccc(-n3c4ccccc4c4ccc(N(c5cccc6c5oc5ccccc56)c5cccc6c5sc5ccccc56)cc43)cc2)cc1. The molecule has 0 aliphatic heterocycles. The summed E-state index contributed by atoms with van der Waals surface area (Å²) in [6.07, 6.45) is 0. The minimum Gasteiger partial charge on any atom is -0.454 e. The molecule has 3 nitrogen and oxygen atoms in total. The second-order valence-corrected chi connectivity index (χ2v) is 14.4. The Morgan fingerprint density at radius 2 is 1.10 bits per heavy atom. The number of fused-ring (bicyclic) bond motifs is 9. The Labute approximate surface area is 303 Å². The monoisotopic (exact) mass is 682 g/mol. The number of hydrogen-bond donors (Lipinski definition) is 0. The zero-order valence-electron chi connectivity index (χ0n) is 28.0. The van der Waals surface area contributed by atoms with Crippen LogP contribution in [0.4, 0.5) is 17.1 Å². The van der Waals surface area contributed by atoms with Gasteiger partial charge in [-0.25, -0.2) is 0 Å². The summed E-state index contributed by atoms with van der Waals surface area (Å²) in [6.45, 7) is 0. The minimum absolute atomic E-state index is 0.874. The molecular formula is C48H30N2OS. The van der Waals surface area contributed by atoms with Crippen LogP contribution < -0.4 is 4.90 Å². The van der Waals surface area contributed by atoms with Gasteiger partial charge in [0.15, 0.2) is 5.58 Å². The van der Waals surface area contributed by atoms with Crippen LogP contribution in [0.5, 0.6) is 0 Å². The molecule has 0 atom stereocenters. The summed E-state index contributed by atoms with van der Waals surface area (Å²) in [5, 5.41) is 7.21. The van der Waals surface area contributed by atoms with Gasteiger partial charge in [0.05, 0.1) is 27.1 Å². The molecule has 0 fully saturated rings. The van der Waals surface area contributed by atoms with Crippen LogP contribution in [-0.4, -0.2) is 4.57 Å². The van der Waals surface area contributed by atoms with Crippen LogP contribution >= 0.6 is 11.3 Å². The maximum Gasteiger partial charge on any atom is 0.159 e. The summed E-state index contributed by atoms with van der Waals surface area (Å²) in [6, 6.07) is 65.4. The fourth-order valence-corrected chi connectivity index (χ4v) is 9.24. The molecular weight excluding hydrogens is 653 g/mol. The molecule has 244 valence electrons. The Kier molecular flexibility index (Phi) is 6.42. The Hall–Kier alpha value is -6.62. The number of aromatic nitrogens is 1. The van der Waals surface area contributed by atoms with Crippen molar-refractivity contribution in [3.8, 4) is 16.8 Å². The molecule has 3 heterocycles. The number of para-hydroxylation sites is 3. The summed E-state index contributed by atoms with van der Waals surface area (Å²) in [5.74, 6) is 0. The lowest BCUT2D eigenvalue weighted by atomic mass is 10.1. The number of benzene rings is 8. The van der Waals surface area contributed by atoms with Crippen LogP contribution in [0.15, 0.2) is 186 Å². The fraction of sp³-hybridized carbons (Fsp3) is 0. The predicted molar refractivity (Wildman–Crippen MR) is 221 cm³/mol. The van der Waals surface area contributed by atoms with E-state index in [1.807, 2.05) is 17.4 Å². The molecule has 0 aliphatic rings. The van der Waals surface area contributed by atoms with E-state index in [1.54, 1.807) is 0 Å². The highest BCUT2D eigenvalue weighted by Crippen LogP contribution is 2.48. The number of rotatable bonds is 5. The third-order valence-corrected chi connectivity index (χ3v) is 11.6. The van der Waals surface area contributed by atoms with Crippen LogP contribution in [-0.2, 0) is 0 Å². The van der Waals surface area contributed by atoms with Crippen molar-refractivity contribution in [2.75, 3.05) is 4.90 Å². The summed E-state index contributed by atoms with van der Waals surface area (Å²) < 4.78 is 11.6. The quantitative estimate of drug-likeness (QED) is 0.180. The van der Waals surface area contributed by atoms with Crippen molar-refractivity contribution in [2.45, 2.75) is 0 Å². The van der Waals surface area contributed by atoms with Crippen LogP contribution in [0.2, 0.25) is 0 Å². The number of hydrogen-bond acceptors (Lipinski definition) is 3. The van der Waals surface area contributed by atoms with Gasteiger partial charge in [-0.3, -0.25) is 0 Å². The first-order valence-electron chi connectivity index (χ1n) is 17.6. The molecule has 8 aromatic carbocycles. The van der Waals surface area contributed by atoms with Crippen molar-refractivity contribution in [3.05, 3.63) is 182 Å². The van der Waals surface area contributed by atoms with E-state index in [9.17, 15) is 0 Å². The van der Waals surface area contributed by atoms with E-state index >= 15 is 0 Å². The van der Waals surface area contributed by atoms with Crippen LogP contribution in [0.25, 0.3) is 80.7 Å². The van der Waals surface area contributed by atoms with E-state index in [0.29, 0.717) is 0 Å². The van der Waals surface area contributed by atoms with E-state index in [-0.39, 0.29) is 0 Å². The molecule has 0 bridgehead atoms. The van der Waals surface area contributed by atoms with Gasteiger partial charge in [0.25, 0.3) is 0 Å². The standard InChI is InChI=1S/C48H30N2OS/c1-2-12-31(13-3-1)32-24-26-33(27-25-32)49-41-19-7-4-14-35(41)36-29-28-34(30-44(36)49)50(42-20-10-17-39-37-15-5-8-22-45(37)51-47(39)42)43-21-11-18-40-38-16-6-9-23-46(38)52-48(40)43/h1-30H. The summed E-state index contributed by atoms with van der Waals surface area (Å²) >= 11 is 1.85. The summed E-state index contributed by atoms with van der Waals surface area (Å²) in [7, 11) is 0. The first kappa shape index (κ1) is 29.1. The maximum absolute atomic E-state index is 6.71. The highest BCUT2D eigenvalue weighted by molar-refractivity contribution is 7.26. The van der Waals surface area contributed by atoms with Crippen LogP contribution in [0.3, 0.4) is 0 Å². The number of furan rings is 1. The van der Waals surface area contributed by atoms with Crippen molar-refractivity contribution in [1.82, 2.24) is 4.57 Å². The van der Waals surface area contributed by atoms with Crippen LogP contribution in [0, 0.1) is 0 Å². The average Bonchev–Trinajstić information content (AvgIpc) is 3.89. The van der Waals surface area contributed by atoms with E-state index in [2.05, 4.69) is 185 Å². The van der Waals surface area contributed by atoms with Crippen molar-refractivity contribution < 1.29 is 4.42 Å². The molecule has 4 heteroatoms. The topological polar surface area (TPSA) is 21.3 Å². The van der Waals surface area contributed by atoms with Crippen molar-refractivity contribution in [3.63, 3.8) is 0 Å².